The Kier molecular flexibility index (Phi) is 4.01. The molecule has 0 bridgehead atoms. The zero-order chi connectivity index (χ0) is 20.2. The van der Waals surface area contributed by atoms with Gasteiger partial charge in [0.25, 0.3) is 0 Å². The van der Waals surface area contributed by atoms with Gasteiger partial charge in [-0.2, -0.15) is 0 Å². The lowest BCUT2D eigenvalue weighted by atomic mass is 9.87. The van der Waals surface area contributed by atoms with Gasteiger partial charge in [-0.15, -0.1) is 0 Å². The molecular formula is C23H23N2O2Si+. The van der Waals surface area contributed by atoms with Crippen molar-refractivity contribution >= 4 is 36.2 Å². The van der Waals surface area contributed by atoms with E-state index in [9.17, 15) is 9.90 Å². The Bertz CT molecular complexity index is 1150. The highest BCUT2D eigenvalue weighted by atomic mass is 28.3. The van der Waals surface area contributed by atoms with Gasteiger partial charge in [0.05, 0.1) is 5.56 Å². The molecule has 0 saturated carbocycles. The van der Waals surface area contributed by atoms with Crippen LogP contribution in [0, 0.1) is 6.92 Å². The van der Waals surface area contributed by atoms with Crippen molar-refractivity contribution in [3.05, 3.63) is 87.6 Å². The third-order valence-corrected chi connectivity index (χ3v) is 9.24. The van der Waals surface area contributed by atoms with Gasteiger partial charge >= 0.3 is 5.97 Å². The first-order valence-electron chi connectivity index (χ1n) is 9.22. The second-order valence-electron chi connectivity index (χ2n) is 7.94. The number of nitrogens with two attached hydrogens (primary N) is 2. The number of aryl methyl sites for hydroxylation is 1. The van der Waals surface area contributed by atoms with Crippen molar-refractivity contribution in [2.75, 3.05) is 5.73 Å². The highest BCUT2D eigenvalue weighted by Crippen LogP contribution is 2.42. The van der Waals surface area contributed by atoms with Gasteiger partial charge in [0, 0.05) is 17.8 Å². The van der Waals surface area contributed by atoms with E-state index in [1.165, 1.54) is 21.5 Å². The quantitative estimate of drug-likeness (QED) is 0.545. The molecule has 1 aliphatic carbocycles. The van der Waals surface area contributed by atoms with Gasteiger partial charge in [-0.25, -0.2) is 4.79 Å². The molecule has 140 valence electrons. The number of carbonyl (C=O) groups is 1. The Balaban J connectivity index is 2.08. The number of hydrogen-bond donors (Lipinski definition) is 3. The van der Waals surface area contributed by atoms with E-state index < -0.39 is 14.0 Å². The lowest BCUT2D eigenvalue weighted by Crippen LogP contribution is -2.50. The van der Waals surface area contributed by atoms with E-state index >= 15 is 0 Å². The Labute approximate surface area is 165 Å². The molecular weight excluding hydrogens is 364 g/mol. The van der Waals surface area contributed by atoms with E-state index in [-0.39, 0.29) is 0 Å². The Morgan fingerprint density at radius 1 is 1.07 bits per heavy atom. The van der Waals surface area contributed by atoms with Crippen molar-refractivity contribution in [3.8, 4) is 0 Å². The molecule has 5 heteroatoms. The second-order valence-corrected chi connectivity index (χ2v) is 12.3. The molecule has 4 nitrogen and oxygen atoms in total. The summed E-state index contributed by atoms with van der Waals surface area (Å²) in [4.78, 5) is 11.4. The van der Waals surface area contributed by atoms with Gasteiger partial charge in [-0.05, 0) is 75.5 Å². The van der Waals surface area contributed by atoms with Crippen LogP contribution in [0.5, 0.6) is 0 Å². The first-order chi connectivity index (χ1) is 13.2. The number of anilines is 1. The summed E-state index contributed by atoms with van der Waals surface area (Å²) >= 11 is 0. The monoisotopic (exact) mass is 387 g/mol. The Morgan fingerprint density at radius 2 is 1.79 bits per heavy atom. The van der Waals surface area contributed by atoms with E-state index in [0.29, 0.717) is 5.56 Å². The molecule has 2 aromatic rings. The summed E-state index contributed by atoms with van der Waals surface area (Å²) in [6.45, 7) is 6.60. The van der Waals surface area contributed by atoms with Crippen LogP contribution in [-0.4, -0.2) is 24.9 Å². The van der Waals surface area contributed by atoms with Crippen LogP contribution in [0.4, 0.5) is 5.69 Å². The minimum absolute atomic E-state index is 0.294. The van der Waals surface area contributed by atoms with Crippen LogP contribution in [-0.2, 0) is 0 Å². The number of fused-ring (bicyclic) bond motifs is 2. The Hall–Kier alpha value is -3.18. The smallest absolute Gasteiger partial charge is 0.335 e. The number of carboxylic acid groups (broad SMARTS) is 1. The molecule has 2 aliphatic rings. The van der Waals surface area contributed by atoms with Crippen molar-refractivity contribution in [1.29, 1.82) is 0 Å². The van der Waals surface area contributed by atoms with Crippen LogP contribution in [0.3, 0.4) is 0 Å². The number of allylic oxidation sites excluding steroid dienone is 5. The summed E-state index contributed by atoms with van der Waals surface area (Å²) in [7, 11) is -1.99. The summed E-state index contributed by atoms with van der Waals surface area (Å²) in [6, 6.07) is 11.4. The van der Waals surface area contributed by atoms with E-state index in [1.54, 1.807) is 12.1 Å². The number of carboxylic acids is 1. The molecule has 0 aromatic heterocycles. The summed E-state index contributed by atoms with van der Waals surface area (Å²) in [5, 5.41) is 18.0. The summed E-state index contributed by atoms with van der Waals surface area (Å²) < 4.78 is 0. The van der Waals surface area contributed by atoms with Crippen molar-refractivity contribution in [2.24, 2.45) is 0 Å². The highest BCUT2D eigenvalue weighted by Gasteiger charge is 2.40. The highest BCUT2D eigenvalue weighted by molar-refractivity contribution is 6.98. The van der Waals surface area contributed by atoms with Crippen LogP contribution in [0.2, 0.25) is 13.1 Å². The average molecular weight is 388 g/mol. The molecule has 0 unspecified atom stereocenters. The first kappa shape index (κ1) is 18.2. The maximum atomic E-state index is 11.4. The topological polar surface area (TPSA) is 88.9 Å². The number of benzene rings is 2. The average Bonchev–Trinajstić information content (AvgIpc) is 2.64. The zero-order valence-corrected chi connectivity index (χ0v) is 17.2. The molecule has 1 aliphatic heterocycles. The van der Waals surface area contributed by atoms with E-state index in [2.05, 4.69) is 37.4 Å². The predicted molar refractivity (Wildman–Crippen MR) is 116 cm³/mol. The van der Waals surface area contributed by atoms with Gasteiger partial charge in [-0.3, -0.25) is 5.41 Å². The molecule has 0 saturated heterocycles. The fraction of sp³-hybridized carbons (Fsp3) is 0.130. The number of nitrogen functional groups attached to an aromatic ring is 1. The molecule has 0 spiro atoms. The maximum Gasteiger partial charge on any atom is 0.335 e. The maximum absolute atomic E-state index is 11.4. The minimum Gasteiger partial charge on any atom is -0.478 e. The van der Waals surface area contributed by atoms with Gasteiger partial charge in [0.2, 0.25) is 0 Å². The fourth-order valence-electron chi connectivity index (χ4n) is 4.25. The SMILES string of the molecule is Cc1cc(C(=O)O)ccc1C1=C2C=CC(=[NH2+])C=C2[Si](C)(C)c2cc(N)ccc21. The predicted octanol–water partition coefficient (Wildman–Crippen LogP) is 2.24. The molecule has 1 heterocycles. The van der Waals surface area contributed by atoms with Crippen LogP contribution in [0.25, 0.3) is 5.57 Å². The van der Waals surface area contributed by atoms with Crippen molar-refractivity contribution in [3.63, 3.8) is 0 Å². The summed E-state index contributed by atoms with van der Waals surface area (Å²) in [5.41, 5.74) is 13.4. The summed E-state index contributed by atoms with van der Waals surface area (Å²) in [5.74, 6) is -0.918. The fourth-order valence-corrected chi connectivity index (χ4v) is 7.36. The Morgan fingerprint density at radius 3 is 2.46 bits per heavy atom. The molecule has 2 aromatic carbocycles. The normalized spacial score (nSPS) is 17.1. The lowest BCUT2D eigenvalue weighted by molar-refractivity contribution is -0.110. The third-order valence-electron chi connectivity index (χ3n) is 5.72. The van der Waals surface area contributed by atoms with Gasteiger partial charge in [-0.1, -0.05) is 25.2 Å². The van der Waals surface area contributed by atoms with Crippen molar-refractivity contribution in [1.82, 2.24) is 0 Å². The van der Waals surface area contributed by atoms with Gasteiger partial charge in [0.15, 0.2) is 5.71 Å². The largest absolute Gasteiger partial charge is 0.478 e. The molecule has 0 atom stereocenters. The molecule has 0 fully saturated rings. The summed E-state index contributed by atoms with van der Waals surface area (Å²) in [6.07, 6.45) is 6.12. The van der Waals surface area contributed by atoms with Crippen LogP contribution in [0.1, 0.15) is 27.0 Å². The van der Waals surface area contributed by atoms with E-state index in [0.717, 1.165) is 28.1 Å². The van der Waals surface area contributed by atoms with Gasteiger partial charge in [0.1, 0.15) is 8.07 Å². The molecule has 5 N–H and O–H groups in total. The van der Waals surface area contributed by atoms with Gasteiger partial charge < -0.3 is 10.8 Å². The van der Waals surface area contributed by atoms with Crippen LogP contribution in [0.15, 0.2) is 65.4 Å². The third kappa shape index (κ3) is 2.67. The second kappa shape index (κ2) is 6.17. The van der Waals surface area contributed by atoms with E-state index in [1.807, 2.05) is 25.1 Å². The number of hydrogen-bond acceptors (Lipinski definition) is 2. The first-order valence-corrected chi connectivity index (χ1v) is 12.2. The van der Waals surface area contributed by atoms with Crippen LogP contribution < -0.4 is 16.3 Å². The minimum atomic E-state index is -1.99. The molecule has 0 amide bonds. The van der Waals surface area contributed by atoms with Crippen molar-refractivity contribution in [2.45, 2.75) is 20.0 Å². The lowest BCUT2D eigenvalue weighted by Gasteiger charge is -2.37. The zero-order valence-electron chi connectivity index (χ0n) is 16.2. The molecule has 0 radical (unpaired) electrons. The van der Waals surface area contributed by atoms with E-state index in [4.69, 9.17) is 11.1 Å². The number of aromatic carboxylic acids is 1. The standard InChI is InChI=1S/C23H22N2O2Si/c1-13-10-14(23(26)27)4-7-17(13)22-18-8-5-15(24)11-20(18)28(2,3)21-12-16(25)6-9-19(21)22/h4-12,24H,25H2,1-3H3,(H,26,27)/p+1. The number of rotatable bonds is 2. The van der Waals surface area contributed by atoms with Crippen molar-refractivity contribution < 1.29 is 15.3 Å². The van der Waals surface area contributed by atoms with Crippen LogP contribution >= 0.6 is 0 Å². The molecule has 4 rings (SSSR count). The molecule has 28 heavy (non-hydrogen) atoms.